The van der Waals surface area contributed by atoms with Crippen LogP contribution in [-0.4, -0.2) is 34.8 Å². The van der Waals surface area contributed by atoms with Gasteiger partial charge in [0, 0.05) is 19.8 Å². The van der Waals surface area contributed by atoms with Crippen molar-refractivity contribution in [2.75, 3.05) is 26.0 Å². The predicted octanol–water partition coefficient (Wildman–Crippen LogP) is 2.48. The van der Waals surface area contributed by atoms with Crippen LogP contribution in [0.25, 0.3) is 0 Å². The zero-order valence-electron chi connectivity index (χ0n) is 12.0. The lowest BCUT2D eigenvalue weighted by molar-refractivity contribution is 0.0624. The quantitative estimate of drug-likeness (QED) is 0.657. The van der Waals surface area contributed by atoms with E-state index in [0.717, 1.165) is 18.9 Å². The van der Waals surface area contributed by atoms with Gasteiger partial charge in [0.05, 0.1) is 6.17 Å². The van der Waals surface area contributed by atoms with E-state index in [4.69, 9.17) is 19.0 Å². The number of hydrogen-bond acceptors (Lipinski definition) is 4. The lowest BCUT2D eigenvalue weighted by Crippen LogP contribution is -2.53. The smallest absolute Gasteiger partial charge is 0.373 e. The van der Waals surface area contributed by atoms with Crippen molar-refractivity contribution in [1.82, 2.24) is 0 Å². The van der Waals surface area contributed by atoms with Gasteiger partial charge in [-0.3, -0.25) is 0 Å². The molecule has 0 aliphatic heterocycles. The molecule has 0 heterocycles. The minimum Gasteiger partial charge on any atom is -0.373 e. The Hall–Kier alpha value is 0.0569. The first-order valence-corrected chi connectivity index (χ1v) is 9.31. The maximum absolute atomic E-state index is 5.93. The highest BCUT2D eigenvalue weighted by atomic mass is 28.4. The Balaban J connectivity index is 2.30. The molecule has 0 aromatic heterocycles. The van der Waals surface area contributed by atoms with Crippen LogP contribution in [0.2, 0.25) is 0 Å². The maximum atomic E-state index is 5.93. The van der Waals surface area contributed by atoms with Crippen molar-refractivity contribution in [3.8, 4) is 0 Å². The molecular formula is C13H29NO3Si. The highest BCUT2D eigenvalue weighted by molar-refractivity contribution is 6.60. The molecule has 0 amide bonds. The van der Waals surface area contributed by atoms with E-state index in [1.807, 2.05) is 13.8 Å². The van der Waals surface area contributed by atoms with Crippen LogP contribution in [0, 0.1) is 5.92 Å². The third-order valence-corrected chi connectivity index (χ3v) is 6.15. The van der Waals surface area contributed by atoms with Gasteiger partial charge in [-0.1, -0.05) is 32.1 Å². The van der Waals surface area contributed by atoms with Crippen LogP contribution in [-0.2, 0) is 13.3 Å². The molecule has 0 saturated heterocycles. The molecule has 0 atom stereocenters. The van der Waals surface area contributed by atoms with Gasteiger partial charge in [0.2, 0.25) is 0 Å². The Morgan fingerprint density at radius 2 is 1.61 bits per heavy atom. The minimum atomic E-state index is -2.58. The maximum Gasteiger partial charge on any atom is 0.515 e. The summed E-state index contributed by atoms with van der Waals surface area (Å²) in [5.41, 5.74) is 5.79. The normalized spacial score (nSPS) is 18.2. The van der Waals surface area contributed by atoms with E-state index in [1.165, 1.54) is 32.1 Å². The molecule has 4 nitrogen and oxygen atoms in total. The van der Waals surface area contributed by atoms with Gasteiger partial charge in [-0.15, -0.1) is 0 Å². The molecule has 1 fully saturated rings. The average molecular weight is 275 g/mol. The Labute approximate surface area is 113 Å². The third kappa shape index (κ3) is 5.36. The van der Waals surface area contributed by atoms with Crippen molar-refractivity contribution in [2.45, 2.75) is 52.4 Å². The fourth-order valence-electron chi connectivity index (χ4n) is 2.60. The second-order valence-electron chi connectivity index (χ2n) is 4.89. The molecule has 5 heteroatoms. The van der Waals surface area contributed by atoms with E-state index in [1.54, 1.807) is 0 Å². The van der Waals surface area contributed by atoms with Gasteiger partial charge in [0.15, 0.2) is 0 Å². The number of rotatable bonds is 9. The van der Waals surface area contributed by atoms with E-state index >= 15 is 0 Å². The minimum absolute atomic E-state index is 0.374. The first kappa shape index (κ1) is 16.1. The first-order valence-electron chi connectivity index (χ1n) is 7.38. The summed E-state index contributed by atoms with van der Waals surface area (Å²) in [6, 6.07) is 0. The Kier molecular flexibility index (Phi) is 8.09. The van der Waals surface area contributed by atoms with Crippen LogP contribution < -0.4 is 5.73 Å². The SMILES string of the molecule is CCO[Si](CN)(OCC)OCCC1CCCCC1. The van der Waals surface area contributed by atoms with Gasteiger partial charge < -0.3 is 19.0 Å². The second-order valence-corrected chi connectivity index (χ2v) is 7.53. The molecule has 0 unspecified atom stereocenters. The van der Waals surface area contributed by atoms with E-state index in [2.05, 4.69) is 0 Å². The Morgan fingerprint density at radius 3 is 2.11 bits per heavy atom. The molecule has 1 aliphatic carbocycles. The van der Waals surface area contributed by atoms with Crippen LogP contribution in [0.15, 0.2) is 0 Å². The molecule has 18 heavy (non-hydrogen) atoms. The molecular weight excluding hydrogens is 246 g/mol. The molecule has 0 radical (unpaired) electrons. The van der Waals surface area contributed by atoms with E-state index in [0.29, 0.717) is 19.4 Å². The molecule has 0 bridgehead atoms. The van der Waals surface area contributed by atoms with Gasteiger partial charge in [0.25, 0.3) is 0 Å². The van der Waals surface area contributed by atoms with E-state index < -0.39 is 8.80 Å². The van der Waals surface area contributed by atoms with Crippen molar-refractivity contribution in [1.29, 1.82) is 0 Å². The van der Waals surface area contributed by atoms with Crippen LogP contribution in [0.5, 0.6) is 0 Å². The first-order chi connectivity index (χ1) is 8.76. The van der Waals surface area contributed by atoms with Crippen LogP contribution in [0.1, 0.15) is 52.4 Å². The van der Waals surface area contributed by atoms with Crippen LogP contribution >= 0.6 is 0 Å². The summed E-state index contributed by atoms with van der Waals surface area (Å²) in [7, 11) is -2.58. The fraction of sp³-hybridized carbons (Fsp3) is 1.00. The summed E-state index contributed by atoms with van der Waals surface area (Å²) in [5, 5.41) is 0. The molecule has 0 aromatic rings. The lowest BCUT2D eigenvalue weighted by Gasteiger charge is -2.29. The van der Waals surface area contributed by atoms with Gasteiger partial charge in [-0.2, -0.15) is 0 Å². The molecule has 108 valence electrons. The van der Waals surface area contributed by atoms with Crippen LogP contribution in [0.3, 0.4) is 0 Å². The van der Waals surface area contributed by atoms with E-state index in [-0.39, 0.29) is 0 Å². The highest BCUT2D eigenvalue weighted by Gasteiger charge is 2.39. The molecule has 1 rings (SSSR count). The summed E-state index contributed by atoms with van der Waals surface area (Å²) in [6.45, 7) is 5.86. The molecule has 0 spiro atoms. The predicted molar refractivity (Wildman–Crippen MR) is 75.2 cm³/mol. The summed E-state index contributed by atoms with van der Waals surface area (Å²) < 4.78 is 17.3. The second kappa shape index (κ2) is 9.04. The van der Waals surface area contributed by atoms with Gasteiger partial charge in [-0.25, -0.2) is 0 Å². The lowest BCUT2D eigenvalue weighted by atomic mass is 9.87. The molecule has 1 aliphatic rings. The topological polar surface area (TPSA) is 53.7 Å². The Bertz CT molecular complexity index is 204. The van der Waals surface area contributed by atoms with Gasteiger partial charge in [0.1, 0.15) is 0 Å². The van der Waals surface area contributed by atoms with Crippen LogP contribution in [0.4, 0.5) is 0 Å². The van der Waals surface area contributed by atoms with E-state index in [9.17, 15) is 0 Å². The van der Waals surface area contributed by atoms with Crippen molar-refractivity contribution >= 4 is 8.80 Å². The zero-order chi connectivity index (χ0) is 13.3. The van der Waals surface area contributed by atoms with Crippen molar-refractivity contribution < 1.29 is 13.3 Å². The van der Waals surface area contributed by atoms with Gasteiger partial charge >= 0.3 is 8.80 Å². The monoisotopic (exact) mass is 275 g/mol. The Morgan fingerprint density at radius 1 is 1.00 bits per heavy atom. The highest BCUT2D eigenvalue weighted by Crippen LogP contribution is 2.26. The van der Waals surface area contributed by atoms with Crippen molar-refractivity contribution in [3.63, 3.8) is 0 Å². The summed E-state index contributed by atoms with van der Waals surface area (Å²) >= 11 is 0. The third-order valence-electron chi connectivity index (χ3n) is 3.55. The fourth-order valence-corrected chi connectivity index (χ4v) is 4.51. The van der Waals surface area contributed by atoms with Crippen molar-refractivity contribution in [2.24, 2.45) is 11.7 Å². The summed E-state index contributed by atoms with van der Waals surface area (Å²) in [6.07, 6.45) is 8.35. The average Bonchev–Trinajstić information content (AvgIpc) is 2.40. The summed E-state index contributed by atoms with van der Waals surface area (Å²) in [5.74, 6) is 0.825. The van der Waals surface area contributed by atoms with Gasteiger partial charge in [-0.05, 0) is 26.2 Å². The number of hydrogen-bond donors (Lipinski definition) is 1. The number of nitrogens with two attached hydrogens (primary N) is 1. The molecule has 2 N–H and O–H groups in total. The summed E-state index contributed by atoms with van der Waals surface area (Å²) in [4.78, 5) is 0. The molecule has 1 saturated carbocycles. The van der Waals surface area contributed by atoms with Crippen molar-refractivity contribution in [3.05, 3.63) is 0 Å². The largest absolute Gasteiger partial charge is 0.515 e. The standard InChI is InChI=1S/C13H29NO3Si/c1-3-15-18(12-14,16-4-2)17-11-10-13-8-6-5-7-9-13/h13H,3-12,14H2,1-2H3. The molecule has 0 aromatic carbocycles. The zero-order valence-corrected chi connectivity index (χ0v) is 13.0.